The fourth-order valence-electron chi connectivity index (χ4n) is 2.31. The smallest absolute Gasteiger partial charge is 0.134 e. The molecule has 0 bridgehead atoms. The molecule has 4 heteroatoms. The van der Waals surface area contributed by atoms with E-state index in [0.717, 1.165) is 16.7 Å². The summed E-state index contributed by atoms with van der Waals surface area (Å²) in [6.45, 7) is 0. The second-order valence-electron chi connectivity index (χ2n) is 4.60. The highest BCUT2D eigenvalue weighted by atomic mass is 127. The van der Waals surface area contributed by atoms with Crippen LogP contribution in [0.4, 0.5) is 4.39 Å². The predicted molar refractivity (Wildman–Crippen MR) is 86.2 cm³/mol. The molecule has 1 atom stereocenters. The Morgan fingerprint density at radius 1 is 1.10 bits per heavy atom. The van der Waals surface area contributed by atoms with Crippen molar-refractivity contribution >= 4 is 33.6 Å². The average molecular weight is 381 g/mol. The third kappa shape index (κ3) is 2.58. The molecule has 0 saturated carbocycles. The zero-order valence-electron chi connectivity index (χ0n) is 10.9. The lowest BCUT2D eigenvalue weighted by Gasteiger charge is -2.13. The maximum Gasteiger partial charge on any atom is 0.134 e. The first-order valence-corrected chi connectivity index (χ1v) is 7.37. The van der Waals surface area contributed by atoms with E-state index in [1.54, 1.807) is 6.07 Å². The molecule has 2 aromatic carbocycles. The Kier molecular flexibility index (Phi) is 3.76. The molecule has 0 spiro atoms. The second-order valence-corrected chi connectivity index (χ2v) is 5.85. The molecule has 0 amide bonds. The quantitative estimate of drug-likeness (QED) is 0.677. The van der Waals surface area contributed by atoms with Gasteiger partial charge in [-0.2, -0.15) is 0 Å². The van der Waals surface area contributed by atoms with Gasteiger partial charge < -0.3 is 9.73 Å². The van der Waals surface area contributed by atoms with Gasteiger partial charge in [-0.3, -0.25) is 0 Å². The number of furan rings is 1. The van der Waals surface area contributed by atoms with E-state index in [-0.39, 0.29) is 11.9 Å². The summed E-state index contributed by atoms with van der Waals surface area (Å²) in [5, 5.41) is 4.02. The normalized spacial score (nSPS) is 12.8. The number of rotatable bonds is 3. The average Bonchev–Trinajstić information content (AvgIpc) is 2.84. The van der Waals surface area contributed by atoms with E-state index in [0.29, 0.717) is 5.58 Å². The van der Waals surface area contributed by atoms with E-state index < -0.39 is 0 Å². The summed E-state index contributed by atoms with van der Waals surface area (Å²) in [5.74, 6) is 0.537. The Bertz CT molecular complexity index is 736. The summed E-state index contributed by atoms with van der Waals surface area (Å²) >= 11 is 2.28. The van der Waals surface area contributed by atoms with Crippen molar-refractivity contribution in [3.05, 3.63) is 69.2 Å². The number of halogens is 2. The second kappa shape index (κ2) is 5.54. The van der Waals surface area contributed by atoms with Crippen molar-refractivity contribution < 1.29 is 8.81 Å². The van der Waals surface area contributed by atoms with Crippen LogP contribution in [-0.2, 0) is 0 Å². The number of fused-ring (bicyclic) bond motifs is 1. The topological polar surface area (TPSA) is 25.2 Å². The van der Waals surface area contributed by atoms with Crippen molar-refractivity contribution in [2.75, 3.05) is 7.05 Å². The molecule has 2 nitrogen and oxygen atoms in total. The Morgan fingerprint density at radius 3 is 2.55 bits per heavy atom. The Hall–Kier alpha value is -1.40. The van der Waals surface area contributed by atoms with E-state index >= 15 is 0 Å². The van der Waals surface area contributed by atoms with Gasteiger partial charge in [0, 0.05) is 8.96 Å². The molecular weight excluding hydrogens is 368 g/mol. The highest BCUT2D eigenvalue weighted by Gasteiger charge is 2.16. The first-order chi connectivity index (χ1) is 9.67. The van der Waals surface area contributed by atoms with Crippen LogP contribution in [0.25, 0.3) is 11.0 Å². The molecular formula is C16H13FINO. The molecule has 102 valence electrons. The highest BCUT2D eigenvalue weighted by molar-refractivity contribution is 14.1. The molecule has 0 fully saturated rings. The fraction of sp³-hybridized carbons (Fsp3) is 0.125. The molecule has 1 unspecified atom stereocenters. The summed E-state index contributed by atoms with van der Waals surface area (Å²) in [4.78, 5) is 0. The molecule has 1 N–H and O–H groups in total. The van der Waals surface area contributed by atoms with Crippen LogP contribution in [-0.4, -0.2) is 7.05 Å². The van der Waals surface area contributed by atoms with Crippen LogP contribution in [0, 0.1) is 9.39 Å². The first kappa shape index (κ1) is 13.6. The SMILES string of the molecule is CNC(c1ccc(I)cc1)c1cc2cc(F)ccc2o1. The predicted octanol–water partition coefficient (Wildman–Crippen LogP) is 4.49. The molecule has 0 saturated heterocycles. The zero-order chi connectivity index (χ0) is 14.1. The van der Waals surface area contributed by atoms with E-state index in [1.807, 2.05) is 13.1 Å². The monoisotopic (exact) mass is 381 g/mol. The zero-order valence-corrected chi connectivity index (χ0v) is 13.0. The molecule has 0 aliphatic heterocycles. The third-order valence-electron chi connectivity index (χ3n) is 3.27. The minimum Gasteiger partial charge on any atom is -0.459 e. The third-order valence-corrected chi connectivity index (χ3v) is 3.99. The van der Waals surface area contributed by atoms with Crippen LogP contribution in [0.5, 0.6) is 0 Å². The van der Waals surface area contributed by atoms with Gasteiger partial charge in [0.25, 0.3) is 0 Å². The molecule has 0 aliphatic carbocycles. The van der Waals surface area contributed by atoms with Gasteiger partial charge in [-0.25, -0.2) is 4.39 Å². The molecule has 1 heterocycles. The molecule has 0 radical (unpaired) electrons. The van der Waals surface area contributed by atoms with Gasteiger partial charge >= 0.3 is 0 Å². The number of nitrogens with one attached hydrogen (secondary N) is 1. The fourth-order valence-corrected chi connectivity index (χ4v) is 2.67. The Morgan fingerprint density at radius 2 is 1.85 bits per heavy atom. The molecule has 1 aromatic heterocycles. The van der Waals surface area contributed by atoms with Crippen molar-refractivity contribution in [2.24, 2.45) is 0 Å². The Balaban J connectivity index is 2.04. The number of hydrogen-bond acceptors (Lipinski definition) is 2. The summed E-state index contributed by atoms with van der Waals surface area (Å²) in [6.07, 6.45) is 0. The lowest BCUT2D eigenvalue weighted by atomic mass is 10.0. The van der Waals surface area contributed by atoms with Gasteiger partial charge in [-0.15, -0.1) is 0 Å². The van der Waals surface area contributed by atoms with Gasteiger partial charge in [0.2, 0.25) is 0 Å². The van der Waals surface area contributed by atoms with Gasteiger partial charge in [-0.1, -0.05) is 12.1 Å². The van der Waals surface area contributed by atoms with E-state index in [9.17, 15) is 4.39 Å². The van der Waals surface area contributed by atoms with Crippen LogP contribution in [0.15, 0.2) is 52.9 Å². The molecule has 20 heavy (non-hydrogen) atoms. The maximum atomic E-state index is 13.2. The lowest BCUT2D eigenvalue weighted by Crippen LogP contribution is -2.16. The van der Waals surface area contributed by atoms with Crippen LogP contribution in [0.2, 0.25) is 0 Å². The van der Waals surface area contributed by atoms with E-state index in [2.05, 4.69) is 52.2 Å². The van der Waals surface area contributed by atoms with E-state index in [4.69, 9.17) is 4.42 Å². The van der Waals surface area contributed by atoms with Gasteiger partial charge in [0.05, 0.1) is 6.04 Å². The molecule has 3 aromatic rings. The van der Waals surface area contributed by atoms with E-state index in [1.165, 1.54) is 15.7 Å². The van der Waals surface area contributed by atoms with Gasteiger partial charge in [0.1, 0.15) is 17.2 Å². The lowest BCUT2D eigenvalue weighted by molar-refractivity contribution is 0.491. The van der Waals surface area contributed by atoms with Crippen LogP contribution < -0.4 is 5.32 Å². The number of hydrogen-bond donors (Lipinski definition) is 1. The standard InChI is InChI=1S/C16H13FINO/c1-19-16(10-2-5-13(18)6-3-10)15-9-11-8-12(17)4-7-14(11)20-15/h2-9,16,19H,1H3. The van der Waals surface area contributed by atoms with Crippen molar-refractivity contribution in [1.82, 2.24) is 5.32 Å². The van der Waals surface area contributed by atoms with Crippen LogP contribution in [0.3, 0.4) is 0 Å². The molecule has 0 aliphatic rings. The van der Waals surface area contributed by atoms with Crippen molar-refractivity contribution in [2.45, 2.75) is 6.04 Å². The maximum absolute atomic E-state index is 13.2. The summed E-state index contributed by atoms with van der Waals surface area (Å²) in [7, 11) is 1.89. The van der Waals surface area contributed by atoms with Gasteiger partial charge in [-0.05, 0) is 71.6 Å². The summed E-state index contributed by atoms with van der Waals surface area (Å²) in [6, 6.07) is 14.7. The minimum atomic E-state index is -0.250. The molecule has 3 rings (SSSR count). The van der Waals surface area contributed by atoms with Crippen LogP contribution in [0.1, 0.15) is 17.4 Å². The largest absolute Gasteiger partial charge is 0.459 e. The van der Waals surface area contributed by atoms with Crippen LogP contribution >= 0.6 is 22.6 Å². The number of benzene rings is 2. The Labute approximate surface area is 130 Å². The summed E-state index contributed by atoms with van der Waals surface area (Å²) < 4.78 is 20.3. The minimum absolute atomic E-state index is 0.0394. The van der Waals surface area contributed by atoms with Crippen molar-refractivity contribution in [3.8, 4) is 0 Å². The highest BCUT2D eigenvalue weighted by Crippen LogP contribution is 2.28. The van der Waals surface area contributed by atoms with Crippen molar-refractivity contribution in [3.63, 3.8) is 0 Å². The van der Waals surface area contributed by atoms with Gasteiger partial charge in [0.15, 0.2) is 0 Å². The van der Waals surface area contributed by atoms with Crippen molar-refractivity contribution in [1.29, 1.82) is 0 Å². The first-order valence-electron chi connectivity index (χ1n) is 6.29. The summed E-state index contributed by atoms with van der Waals surface area (Å²) in [5.41, 5.74) is 1.82.